The van der Waals surface area contributed by atoms with E-state index in [9.17, 15) is 0 Å². The molecule has 1 rings (SSSR count). The molecule has 0 aromatic carbocycles. The molecule has 1 saturated heterocycles. The van der Waals surface area contributed by atoms with E-state index in [0.717, 1.165) is 25.9 Å². The van der Waals surface area contributed by atoms with Crippen LogP contribution in [0.4, 0.5) is 0 Å². The van der Waals surface area contributed by atoms with E-state index in [0.29, 0.717) is 12.1 Å². The summed E-state index contributed by atoms with van der Waals surface area (Å²) in [7, 11) is 0. The monoisotopic (exact) mass is 201 g/mol. The molecule has 14 heavy (non-hydrogen) atoms. The summed E-state index contributed by atoms with van der Waals surface area (Å²) in [6.07, 6.45) is 3.24. The van der Waals surface area contributed by atoms with E-state index >= 15 is 0 Å². The Morgan fingerprint density at radius 1 is 1.57 bits per heavy atom. The fourth-order valence-corrected chi connectivity index (χ4v) is 1.97. The second-order valence-corrected chi connectivity index (χ2v) is 4.50. The quantitative estimate of drug-likeness (QED) is 0.704. The summed E-state index contributed by atoms with van der Waals surface area (Å²) < 4.78 is 5.51. The van der Waals surface area contributed by atoms with Gasteiger partial charge in [-0.15, -0.1) is 0 Å². The van der Waals surface area contributed by atoms with Crippen LogP contribution in [-0.2, 0) is 4.74 Å². The highest BCUT2D eigenvalue weighted by Gasteiger charge is 2.31. The van der Waals surface area contributed by atoms with Crippen LogP contribution >= 0.6 is 0 Å². The lowest BCUT2D eigenvalue weighted by molar-refractivity contribution is 0.101. The van der Waals surface area contributed by atoms with E-state index in [2.05, 4.69) is 26.1 Å². The van der Waals surface area contributed by atoms with Crippen molar-refractivity contribution in [3.05, 3.63) is 0 Å². The van der Waals surface area contributed by atoms with Crippen LogP contribution in [0.1, 0.15) is 40.0 Å². The molecule has 0 aromatic rings. The first-order valence-electron chi connectivity index (χ1n) is 5.61. The Morgan fingerprint density at radius 3 is 2.71 bits per heavy atom. The summed E-state index contributed by atoms with van der Waals surface area (Å²) in [6, 6.07) is 0.450. The maximum absolute atomic E-state index is 9.00. The minimum atomic E-state index is 0.0569. The van der Waals surface area contributed by atoms with Gasteiger partial charge in [-0.2, -0.15) is 0 Å². The Kier molecular flexibility index (Phi) is 4.35. The highest BCUT2D eigenvalue weighted by molar-refractivity contribution is 4.89. The molecule has 1 aliphatic rings. The average molecular weight is 201 g/mol. The molecule has 3 nitrogen and oxygen atoms in total. The van der Waals surface area contributed by atoms with Crippen molar-refractivity contribution in [2.45, 2.75) is 57.7 Å². The zero-order chi connectivity index (χ0) is 10.6. The van der Waals surface area contributed by atoms with Crippen molar-refractivity contribution in [2.24, 2.45) is 0 Å². The van der Waals surface area contributed by atoms with Gasteiger partial charge in [0, 0.05) is 24.8 Å². The van der Waals surface area contributed by atoms with Gasteiger partial charge in [0.25, 0.3) is 0 Å². The van der Waals surface area contributed by atoms with E-state index in [1.54, 1.807) is 0 Å². The Balaban J connectivity index is 2.46. The van der Waals surface area contributed by atoms with Crippen LogP contribution in [0, 0.1) is 0 Å². The van der Waals surface area contributed by atoms with E-state index < -0.39 is 0 Å². The smallest absolute Gasteiger partial charge is 0.0700 e. The summed E-state index contributed by atoms with van der Waals surface area (Å²) in [6.45, 7) is 7.55. The molecule has 1 aliphatic heterocycles. The van der Waals surface area contributed by atoms with E-state index in [4.69, 9.17) is 9.84 Å². The minimum absolute atomic E-state index is 0.0569. The molecule has 0 amide bonds. The number of nitrogens with one attached hydrogen (secondary N) is 1. The molecule has 3 heteroatoms. The summed E-state index contributed by atoms with van der Waals surface area (Å²) in [4.78, 5) is 0. The van der Waals surface area contributed by atoms with E-state index in [-0.39, 0.29) is 12.1 Å². The van der Waals surface area contributed by atoms with Crippen LogP contribution in [0.3, 0.4) is 0 Å². The summed E-state index contributed by atoms with van der Waals surface area (Å²) in [5.74, 6) is 0. The summed E-state index contributed by atoms with van der Waals surface area (Å²) in [5, 5.41) is 12.6. The number of aliphatic hydroxyl groups is 1. The Labute approximate surface area is 86.8 Å². The normalized spacial score (nSPS) is 31.7. The van der Waals surface area contributed by atoms with Crippen molar-refractivity contribution < 1.29 is 9.84 Å². The zero-order valence-electron chi connectivity index (χ0n) is 9.55. The molecule has 0 spiro atoms. The molecule has 1 fully saturated rings. The van der Waals surface area contributed by atoms with Crippen LogP contribution in [0.5, 0.6) is 0 Å². The van der Waals surface area contributed by atoms with Crippen molar-refractivity contribution in [1.82, 2.24) is 5.32 Å². The Morgan fingerprint density at radius 2 is 2.29 bits per heavy atom. The molecule has 0 aliphatic carbocycles. The number of ether oxygens (including phenoxy) is 1. The highest BCUT2D eigenvalue weighted by atomic mass is 16.5. The predicted octanol–water partition coefficient (Wildman–Crippen LogP) is 1.30. The summed E-state index contributed by atoms with van der Waals surface area (Å²) in [5.41, 5.74) is 0.0569. The third-order valence-electron chi connectivity index (χ3n) is 3.35. The standard InChI is InChI=1S/C11H23NO2/c1-4-11(3,6-7-13)12-10-5-8-14-9(10)2/h9-10,12-13H,4-8H2,1-3H3. The zero-order valence-corrected chi connectivity index (χ0v) is 9.55. The van der Waals surface area contributed by atoms with Crippen LogP contribution in [-0.4, -0.2) is 36.0 Å². The number of aliphatic hydroxyl groups excluding tert-OH is 1. The van der Waals surface area contributed by atoms with Gasteiger partial charge in [0.15, 0.2) is 0 Å². The largest absolute Gasteiger partial charge is 0.396 e. The number of hydrogen-bond donors (Lipinski definition) is 2. The Bertz CT molecular complexity index is 175. The second kappa shape index (κ2) is 5.10. The maximum atomic E-state index is 9.00. The first-order chi connectivity index (χ1) is 6.61. The first-order valence-corrected chi connectivity index (χ1v) is 5.61. The van der Waals surface area contributed by atoms with Crippen molar-refractivity contribution in [2.75, 3.05) is 13.2 Å². The van der Waals surface area contributed by atoms with Gasteiger partial charge in [0.1, 0.15) is 0 Å². The fourth-order valence-electron chi connectivity index (χ4n) is 1.97. The van der Waals surface area contributed by atoms with Crippen LogP contribution in [0.2, 0.25) is 0 Å². The molecule has 3 atom stereocenters. The van der Waals surface area contributed by atoms with Crippen LogP contribution in [0.15, 0.2) is 0 Å². The van der Waals surface area contributed by atoms with Gasteiger partial charge >= 0.3 is 0 Å². The van der Waals surface area contributed by atoms with E-state index in [1.807, 2.05) is 0 Å². The number of hydrogen-bond acceptors (Lipinski definition) is 3. The van der Waals surface area contributed by atoms with E-state index in [1.165, 1.54) is 0 Å². The predicted molar refractivity (Wildman–Crippen MR) is 57.4 cm³/mol. The SMILES string of the molecule is CCC(C)(CCO)NC1CCOC1C. The summed E-state index contributed by atoms with van der Waals surface area (Å²) >= 11 is 0. The van der Waals surface area contributed by atoms with Crippen LogP contribution in [0.25, 0.3) is 0 Å². The van der Waals surface area contributed by atoms with Crippen molar-refractivity contribution >= 4 is 0 Å². The molecule has 0 saturated carbocycles. The lowest BCUT2D eigenvalue weighted by Gasteiger charge is -2.33. The third kappa shape index (κ3) is 2.94. The molecule has 0 bridgehead atoms. The van der Waals surface area contributed by atoms with Crippen molar-refractivity contribution in [1.29, 1.82) is 0 Å². The van der Waals surface area contributed by atoms with Crippen LogP contribution < -0.4 is 5.32 Å². The van der Waals surface area contributed by atoms with Gasteiger partial charge < -0.3 is 15.2 Å². The molecule has 2 N–H and O–H groups in total. The van der Waals surface area contributed by atoms with Gasteiger partial charge in [-0.3, -0.25) is 0 Å². The lowest BCUT2D eigenvalue weighted by Crippen LogP contribution is -2.50. The van der Waals surface area contributed by atoms with Gasteiger partial charge in [-0.1, -0.05) is 6.92 Å². The topological polar surface area (TPSA) is 41.5 Å². The van der Waals surface area contributed by atoms with Crippen molar-refractivity contribution in [3.63, 3.8) is 0 Å². The first kappa shape index (κ1) is 12.0. The maximum Gasteiger partial charge on any atom is 0.0700 e. The molecule has 84 valence electrons. The third-order valence-corrected chi connectivity index (χ3v) is 3.35. The van der Waals surface area contributed by atoms with Gasteiger partial charge in [0.2, 0.25) is 0 Å². The van der Waals surface area contributed by atoms with Gasteiger partial charge in [-0.05, 0) is 33.1 Å². The molecule has 0 radical (unpaired) electrons. The number of rotatable bonds is 5. The second-order valence-electron chi connectivity index (χ2n) is 4.50. The molecular weight excluding hydrogens is 178 g/mol. The Hall–Kier alpha value is -0.120. The average Bonchev–Trinajstić information content (AvgIpc) is 2.52. The fraction of sp³-hybridized carbons (Fsp3) is 1.00. The minimum Gasteiger partial charge on any atom is -0.396 e. The van der Waals surface area contributed by atoms with Crippen molar-refractivity contribution in [3.8, 4) is 0 Å². The van der Waals surface area contributed by atoms with Gasteiger partial charge in [0.05, 0.1) is 6.10 Å². The molecule has 3 unspecified atom stereocenters. The lowest BCUT2D eigenvalue weighted by atomic mass is 9.92. The molecular formula is C11H23NO2. The van der Waals surface area contributed by atoms with Gasteiger partial charge in [-0.25, -0.2) is 0 Å². The molecule has 0 aromatic heterocycles. The highest BCUT2D eigenvalue weighted by Crippen LogP contribution is 2.20. The molecule has 1 heterocycles.